The Morgan fingerprint density at radius 2 is 2.44 bits per heavy atom. The first kappa shape index (κ1) is 12.5. The van der Waals surface area contributed by atoms with Crippen molar-refractivity contribution in [3.8, 4) is 6.19 Å². The standard InChI is InChI=1S/C11H12FN3S/c1-16-11(15-8-13)14-6-5-9-3-2-4-10(12)7-9/h2-4,7H,5-6H2,1H3,(H,14,15). The molecule has 0 bridgehead atoms. The Morgan fingerprint density at radius 1 is 1.62 bits per heavy atom. The van der Waals surface area contributed by atoms with Crippen LogP contribution in [-0.2, 0) is 6.42 Å². The second kappa shape index (κ2) is 6.85. The lowest BCUT2D eigenvalue weighted by atomic mass is 10.1. The molecule has 0 aliphatic carbocycles. The Bertz CT molecular complexity index is 412. The average Bonchev–Trinajstić information content (AvgIpc) is 2.28. The molecule has 0 amide bonds. The van der Waals surface area contributed by atoms with E-state index < -0.39 is 0 Å². The van der Waals surface area contributed by atoms with Gasteiger partial charge in [-0.2, -0.15) is 5.26 Å². The van der Waals surface area contributed by atoms with Gasteiger partial charge in [0.2, 0.25) is 0 Å². The minimum Gasteiger partial charge on any atom is -0.272 e. The number of benzene rings is 1. The largest absolute Gasteiger partial charge is 0.272 e. The SMILES string of the molecule is CSC(=NCCc1cccc(F)c1)NC#N. The van der Waals surface area contributed by atoms with Gasteiger partial charge in [-0.05, 0) is 30.4 Å². The number of aliphatic imine (C=N–C) groups is 1. The quantitative estimate of drug-likeness (QED) is 0.379. The maximum Gasteiger partial charge on any atom is 0.183 e. The molecular weight excluding hydrogens is 225 g/mol. The molecule has 1 aromatic rings. The first-order valence-electron chi connectivity index (χ1n) is 4.74. The van der Waals surface area contributed by atoms with Crippen LogP contribution in [0, 0.1) is 17.3 Å². The summed E-state index contributed by atoms with van der Waals surface area (Å²) in [7, 11) is 0. The summed E-state index contributed by atoms with van der Waals surface area (Å²) in [6, 6.07) is 6.44. The van der Waals surface area contributed by atoms with Gasteiger partial charge in [-0.15, -0.1) is 0 Å². The van der Waals surface area contributed by atoms with Crippen LogP contribution in [0.1, 0.15) is 5.56 Å². The van der Waals surface area contributed by atoms with Crippen LogP contribution in [-0.4, -0.2) is 18.0 Å². The van der Waals surface area contributed by atoms with E-state index in [0.29, 0.717) is 18.1 Å². The van der Waals surface area contributed by atoms with Gasteiger partial charge in [-0.25, -0.2) is 4.39 Å². The summed E-state index contributed by atoms with van der Waals surface area (Å²) in [4.78, 5) is 4.18. The molecule has 0 aliphatic heterocycles. The van der Waals surface area contributed by atoms with Crippen molar-refractivity contribution in [2.45, 2.75) is 6.42 Å². The topological polar surface area (TPSA) is 48.2 Å². The van der Waals surface area contributed by atoms with Gasteiger partial charge in [0, 0.05) is 6.54 Å². The summed E-state index contributed by atoms with van der Waals surface area (Å²) in [5.74, 6) is -0.235. The van der Waals surface area contributed by atoms with Crippen LogP contribution in [0.4, 0.5) is 4.39 Å². The number of nitriles is 1. The van der Waals surface area contributed by atoms with E-state index in [-0.39, 0.29) is 5.82 Å². The Balaban J connectivity index is 2.49. The molecule has 0 radical (unpaired) electrons. The molecule has 0 saturated heterocycles. The molecule has 1 rings (SSSR count). The minimum absolute atomic E-state index is 0.235. The fourth-order valence-corrected chi connectivity index (χ4v) is 1.55. The van der Waals surface area contributed by atoms with Crippen LogP contribution in [0.3, 0.4) is 0 Å². The molecule has 3 nitrogen and oxygen atoms in total. The molecule has 0 spiro atoms. The summed E-state index contributed by atoms with van der Waals surface area (Å²) in [5, 5.41) is 11.5. The van der Waals surface area contributed by atoms with Crippen LogP contribution >= 0.6 is 11.8 Å². The number of nitrogens with one attached hydrogen (secondary N) is 1. The van der Waals surface area contributed by atoms with Crippen LogP contribution in [0.25, 0.3) is 0 Å². The second-order valence-electron chi connectivity index (χ2n) is 3.01. The zero-order valence-electron chi connectivity index (χ0n) is 8.90. The number of thioether (sulfide) groups is 1. The number of halogens is 1. The Labute approximate surface area is 98.4 Å². The molecule has 0 aromatic heterocycles. The molecule has 1 N–H and O–H groups in total. The zero-order chi connectivity index (χ0) is 11.8. The fraction of sp³-hybridized carbons (Fsp3) is 0.273. The van der Waals surface area contributed by atoms with E-state index in [0.717, 1.165) is 5.56 Å². The second-order valence-corrected chi connectivity index (χ2v) is 3.80. The van der Waals surface area contributed by atoms with Crippen LogP contribution in [0.2, 0.25) is 0 Å². The molecule has 0 atom stereocenters. The maximum atomic E-state index is 12.8. The van der Waals surface area contributed by atoms with Crippen molar-refractivity contribution < 1.29 is 4.39 Å². The molecule has 0 fully saturated rings. The number of rotatable bonds is 3. The lowest BCUT2D eigenvalue weighted by Crippen LogP contribution is -2.13. The first-order chi connectivity index (χ1) is 7.76. The normalized spacial score (nSPS) is 10.9. The molecule has 0 heterocycles. The Hall–Kier alpha value is -1.54. The average molecular weight is 237 g/mol. The van der Waals surface area contributed by atoms with Gasteiger partial charge in [-0.3, -0.25) is 10.3 Å². The monoisotopic (exact) mass is 237 g/mol. The summed E-state index contributed by atoms with van der Waals surface area (Å²) < 4.78 is 12.8. The van der Waals surface area contributed by atoms with Crippen LogP contribution in [0.15, 0.2) is 29.3 Å². The molecule has 5 heteroatoms. The lowest BCUT2D eigenvalue weighted by Gasteiger charge is -2.00. The third-order valence-corrected chi connectivity index (χ3v) is 2.52. The number of hydrogen-bond donors (Lipinski definition) is 1. The van der Waals surface area contributed by atoms with Gasteiger partial charge >= 0.3 is 0 Å². The van der Waals surface area contributed by atoms with Crippen molar-refractivity contribution >= 4 is 16.9 Å². The fourth-order valence-electron chi connectivity index (χ4n) is 1.18. The molecular formula is C11H12FN3S. The summed E-state index contributed by atoms with van der Waals surface area (Å²) in [6.07, 6.45) is 4.32. The van der Waals surface area contributed by atoms with Crippen molar-refractivity contribution in [2.24, 2.45) is 4.99 Å². The minimum atomic E-state index is -0.235. The van der Waals surface area contributed by atoms with E-state index in [4.69, 9.17) is 5.26 Å². The van der Waals surface area contributed by atoms with Gasteiger partial charge < -0.3 is 0 Å². The van der Waals surface area contributed by atoms with E-state index >= 15 is 0 Å². The highest BCUT2D eigenvalue weighted by Crippen LogP contribution is 2.04. The summed E-state index contributed by atoms with van der Waals surface area (Å²) in [5.41, 5.74) is 0.904. The van der Waals surface area contributed by atoms with Crippen LogP contribution in [0.5, 0.6) is 0 Å². The van der Waals surface area contributed by atoms with Crippen molar-refractivity contribution in [1.82, 2.24) is 5.32 Å². The maximum absolute atomic E-state index is 12.8. The third kappa shape index (κ3) is 4.32. The molecule has 1 aromatic carbocycles. The van der Waals surface area contributed by atoms with E-state index in [1.54, 1.807) is 6.07 Å². The van der Waals surface area contributed by atoms with Gasteiger partial charge in [0.15, 0.2) is 11.4 Å². The van der Waals surface area contributed by atoms with E-state index in [2.05, 4.69) is 10.3 Å². The van der Waals surface area contributed by atoms with E-state index in [9.17, 15) is 4.39 Å². The van der Waals surface area contributed by atoms with Gasteiger partial charge in [0.1, 0.15) is 5.82 Å². The Kier molecular flexibility index (Phi) is 5.37. The summed E-state index contributed by atoms with van der Waals surface area (Å²) >= 11 is 1.38. The molecule has 0 aliphatic rings. The van der Waals surface area contributed by atoms with Gasteiger partial charge in [-0.1, -0.05) is 23.9 Å². The van der Waals surface area contributed by atoms with Crippen molar-refractivity contribution in [2.75, 3.05) is 12.8 Å². The third-order valence-electron chi connectivity index (χ3n) is 1.90. The molecule has 0 unspecified atom stereocenters. The van der Waals surface area contributed by atoms with Gasteiger partial charge in [0.05, 0.1) is 0 Å². The highest BCUT2D eigenvalue weighted by atomic mass is 32.2. The van der Waals surface area contributed by atoms with Gasteiger partial charge in [0.25, 0.3) is 0 Å². The highest BCUT2D eigenvalue weighted by Gasteiger charge is 1.96. The predicted octanol–water partition coefficient (Wildman–Crippen LogP) is 2.16. The smallest absolute Gasteiger partial charge is 0.183 e. The lowest BCUT2D eigenvalue weighted by molar-refractivity contribution is 0.625. The Morgan fingerprint density at radius 3 is 3.06 bits per heavy atom. The molecule has 0 saturated carbocycles. The molecule has 16 heavy (non-hydrogen) atoms. The van der Waals surface area contributed by atoms with E-state index in [1.807, 2.05) is 18.5 Å². The van der Waals surface area contributed by atoms with Crippen molar-refractivity contribution in [3.63, 3.8) is 0 Å². The van der Waals surface area contributed by atoms with E-state index in [1.165, 1.54) is 23.9 Å². The summed E-state index contributed by atoms with van der Waals surface area (Å²) in [6.45, 7) is 0.536. The van der Waals surface area contributed by atoms with Crippen molar-refractivity contribution in [3.05, 3.63) is 35.6 Å². The number of hydrogen-bond acceptors (Lipinski definition) is 3. The number of amidine groups is 1. The first-order valence-corrected chi connectivity index (χ1v) is 5.96. The molecule has 84 valence electrons. The number of nitrogens with zero attached hydrogens (tertiary/aromatic N) is 2. The highest BCUT2D eigenvalue weighted by molar-refractivity contribution is 8.13. The van der Waals surface area contributed by atoms with Crippen molar-refractivity contribution in [1.29, 1.82) is 5.26 Å². The predicted molar refractivity (Wildman–Crippen MR) is 64.7 cm³/mol. The zero-order valence-corrected chi connectivity index (χ0v) is 9.72. The van der Waals surface area contributed by atoms with Crippen LogP contribution < -0.4 is 5.32 Å².